The van der Waals surface area contributed by atoms with Crippen molar-refractivity contribution in [1.29, 1.82) is 0 Å². The van der Waals surface area contributed by atoms with Crippen LogP contribution >= 0.6 is 11.3 Å². The highest BCUT2D eigenvalue weighted by molar-refractivity contribution is 7.09. The molecule has 0 spiro atoms. The molecule has 3 heteroatoms. The Balaban J connectivity index is 1.87. The first-order valence-electron chi connectivity index (χ1n) is 7.17. The standard InChI is InChI=1S/C15H26N2S/c1-5-11(9-16-12-6-7-12)8-14-17-13(10-18-14)15(2,3)4/h10-12,16H,5-9H2,1-4H3. The summed E-state index contributed by atoms with van der Waals surface area (Å²) in [6, 6.07) is 0.820. The van der Waals surface area contributed by atoms with Gasteiger partial charge in [0.2, 0.25) is 0 Å². The number of thiazole rings is 1. The van der Waals surface area contributed by atoms with Crippen LogP contribution in [0, 0.1) is 5.92 Å². The van der Waals surface area contributed by atoms with Crippen molar-refractivity contribution in [2.75, 3.05) is 6.54 Å². The van der Waals surface area contributed by atoms with E-state index in [1.54, 1.807) is 0 Å². The minimum absolute atomic E-state index is 0.183. The molecule has 1 fully saturated rings. The quantitative estimate of drug-likeness (QED) is 0.848. The molecule has 1 N–H and O–H groups in total. The maximum atomic E-state index is 4.80. The third-order valence-corrected chi connectivity index (χ3v) is 4.50. The zero-order chi connectivity index (χ0) is 13.2. The van der Waals surface area contributed by atoms with Crippen molar-refractivity contribution < 1.29 is 0 Å². The average molecular weight is 266 g/mol. The monoisotopic (exact) mass is 266 g/mol. The fourth-order valence-electron chi connectivity index (χ4n) is 1.98. The van der Waals surface area contributed by atoms with Crippen LogP contribution in [0.25, 0.3) is 0 Å². The second kappa shape index (κ2) is 5.70. The Hall–Kier alpha value is -0.410. The molecule has 0 aliphatic heterocycles. The Labute approximate surface area is 115 Å². The highest BCUT2D eigenvalue weighted by Crippen LogP contribution is 2.26. The first-order valence-corrected chi connectivity index (χ1v) is 8.05. The van der Waals surface area contributed by atoms with Crippen LogP contribution in [-0.4, -0.2) is 17.6 Å². The molecule has 1 aromatic rings. The van der Waals surface area contributed by atoms with E-state index < -0.39 is 0 Å². The van der Waals surface area contributed by atoms with Gasteiger partial charge in [0.05, 0.1) is 10.7 Å². The maximum absolute atomic E-state index is 4.80. The van der Waals surface area contributed by atoms with Crippen LogP contribution in [0.15, 0.2) is 5.38 Å². The van der Waals surface area contributed by atoms with E-state index in [2.05, 4.69) is 38.4 Å². The topological polar surface area (TPSA) is 24.9 Å². The van der Waals surface area contributed by atoms with Crippen LogP contribution < -0.4 is 5.32 Å². The molecule has 1 heterocycles. The van der Waals surface area contributed by atoms with Crippen LogP contribution in [0.5, 0.6) is 0 Å². The Morgan fingerprint density at radius 3 is 2.67 bits per heavy atom. The highest BCUT2D eigenvalue weighted by Gasteiger charge is 2.22. The second-order valence-electron chi connectivity index (χ2n) is 6.54. The van der Waals surface area contributed by atoms with Gasteiger partial charge in [-0.3, -0.25) is 0 Å². The van der Waals surface area contributed by atoms with E-state index in [1.807, 2.05) is 11.3 Å². The van der Waals surface area contributed by atoms with Gasteiger partial charge in [0.25, 0.3) is 0 Å². The largest absolute Gasteiger partial charge is 0.314 e. The van der Waals surface area contributed by atoms with Crippen molar-refractivity contribution in [2.45, 2.75) is 64.8 Å². The van der Waals surface area contributed by atoms with Gasteiger partial charge in [0.1, 0.15) is 0 Å². The molecule has 1 saturated carbocycles. The van der Waals surface area contributed by atoms with E-state index in [0.29, 0.717) is 0 Å². The van der Waals surface area contributed by atoms with Gasteiger partial charge in [-0.05, 0) is 25.3 Å². The lowest BCUT2D eigenvalue weighted by Crippen LogP contribution is -2.25. The van der Waals surface area contributed by atoms with Crippen molar-refractivity contribution >= 4 is 11.3 Å². The molecule has 0 saturated heterocycles. The summed E-state index contributed by atoms with van der Waals surface area (Å²) >= 11 is 1.83. The summed E-state index contributed by atoms with van der Waals surface area (Å²) in [5.74, 6) is 0.740. The van der Waals surface area contributed by atoms with Gasteiger partial charge in [-0.25, -0.2) is 4.98 Å². The van der Waals surface area contributed by atoms with Crippen molar-refractivity contribution in [3.8, 4) is 0 Å². The molecule has 1 aromatic heterocycles. The second-order valence-corrected chi connectivity index (χ2v) is 7.48. The molecule has 1 aliphatic rings. The zero-order valence-electron chi connectivity index (χ0n) is 12.1. The fourth-order valence-corrected chi connectivity index (χ4v) is 3.11. The first-order chi connectivity index (χ1) is 8.49. The van der Waals surface area contributed by atoms with Crippen molar-refractivity contribution in [3.63, 3.8) is 0 Å². The lowest BCUT2D eigenvalue weighted by Gasteiger charge is -2.15. The number of aromatic nitrogens is 1. The third kappa shape index (κ3) is 4.06. The maximum Gasteiger partial charge on any atom is 0.0931 e. The lowest BCUT2D eigenvalue weighted by atomic mass is 9.93. The zero-order valence-corrected chi connectivity index (χ0v) is 12.9. The van der Waals surface area contributed by atoms with Gasteiger partial charge in [-0.1, -0.05) is 34.1 Å². The fraction of sp³-hybridized carbons (Fsp3) is 0.800. The van der Waals surface area contributed by atoms with Crippen LogP contribution in [0.2, 0.25) is 0 Å². The highest BCUT2D eigenvalue weighted by atomic mass is 32.1. The van der Waals surface area contributed by atoms with Gasteiger partial charge in [0, 0.05) is 23.3 Å². The smallest absolute Gasteiger partial charge is 0.0931 e. The lowest BCUT2D eigenvalue weighted by molar-refractivity contribution is 0.456. The molecule has 2 nitrogen and oxygen atoms in total. The molecule has 0 bridgehead atoms. The van der Waals surface area contributed by atoms with Crippen molar-refractivity contribution in [2.24, 2.45) is 5.92 Å². The number of rotatable bonds is 6. The van der Waals surface area contributed by atoms with Crippen LogP contribution in [-0.2, 0) is 11.8 Å². The average Bonchev–Trinajstić information content (AvgIpc) is 3.00. The molecule has 102 valence electrons. The van der Waals surface area contributed by atoms with Crippen LogP contribution in [0.3, 0.4) is 0 Å². The molecule has 0 amide bonds. The van der Waals surface area contributed by atoms with Gasteiger partial charge >= 0.3 is 0 Å². The minimum Gasteiger partial charge on any atom is -0.314 e. The van der Waals surface area contributed by atoms with Crippen LogP contribution in [0.1, 0.15) is 57.7 Å². The van der Waals surface area contributed by atoms with E-state index in [1.165, 1.54) is 30.0 Å². The number of nitrogens with one attached hydrogen (secondary N) is 1. The Bertz CT molecular complexity index is 374. The molecular formula is C15H26N2S. The number of hydrogen-bond donors (Lipinski definition) is 1. The molecule has 1 aliphatic carbocycles. The minimum atomic E-state index is 0.183. The first kappa shape index (κ1) is 14.0. The molecule has 0 radical (unpaired) electrons. The Morgan fingerprint density at radius 2 is 2.17 bits per heavy atom. The predicted octanol–water partition coefficient (Wildman–Crippen LogP) is 3.76. The van der Waals surface area contributed by atoms with Gasteiger partial charge < -0.3 is 5.32 Å². The normalized spacial score (nSPS) is 18.0. The molecule has 2 rings (SSSR count). The SMILES string of the molecule is CCC(CNC1CC1)Cc1nc(C(C)(C)C)cs1. The van der Waals surface area contributed by atoms with Crippen molar-refractivity contribution in [1.82, 2.24) is 10.3 Å². The molecular weight excluding hydrogens is 240 g/mol. The third-order valence-electron chi connectivity index (χ3n) is 3.63. The summed E-state index contributed by atoms with van der Waals surface area (Å²) in [6.45, 7) is 10.1. The van der Waals surface area contributed by atoms with E-state index in [-0.39, 0.29) is 5.41 Å². The number of hydrogen-bond acceptors (Lipinski definition) is 3. The summed E-state index contributed by atoms with van der Waals surface area (Å²) < 4.78 is 0. The Kier molecular flexibility index (Phi) is 4.44. The molecule has 1 unspecified atom stereocenters. The summed E-state index contributed by atoms with van der Waals surface area (Å²) in [6.07, 6.45) is 5.13. The van der Waals surface area contributed by atoms with Crippen molar-refractivity contribution in [3.05, 3.63) is 16.1 Å². The van der Waals surface area contributed by atoms with E-state index in [4.69, 9.17) is 4.98 Å². The van der Waals surface area contributed by atoms with Gasteiger partial charge in [-0.15, -0.1) is 11.3 Å². The van der Waals surface area contributed by atoms with E-state index in [9.17, 15) is 0 Å². The van der Waals surface area contributed by atoms with E-state index >= 15 is 0 Å². The van der Waals surface area contributed by atoms with Gasteiger partial charge in [-0.2, -0.15) is 0 Å². The summed E-state index contributed by atoms with van der Waals surface area (Å²) in [5.41, 5.74) is 1.43. The number of nitrogens with zero attached hydrogens (tertiary/aromatic N) is 1. The van der Waals surface area contributed by atoms with E-state index in [0.717, 1.165) is 24.9 Å². The summed E-state index contributed by atoms with van der Waals surface area (Å²) in [5, 5.41) is 7.18. The molecule has 1 atom stereocenters. The summed E-state index contributed by atoms with van der Waals surface area (Å²) in [4.78, 5) is 4.80. The van der Waals surface area contributed by atoms with Gasteiger partial charge in [0.15, 0.2) is 0 Å². The Morgan fingerprint density at radius 1 is 1.44 bits per heavy atom. The van der Waals surface area contributed by atoms with Crippen LogP contribution in [0.4, 0.5) is 0 Å². The predicted molar refractivity (Wildman–Crippen MR) is 79.3 cm³/mol. The summed E-state index contributed by atoms with van der Waals surface area (Å²) in [7, 11) is 0. The molecule has 18 heavy (non-hydrogen) atoms. The molecule has 0 aromatic carbocycles.